The molecule has 1 aliphatic rings. The first-order valence-corrected chi connectivity index (χ1v) is 5.15. The van der Waals surface area contributed by atoms with Crippen molar-refractivity contribution in [1.29, 1.82) is 0 Å². The number of hydrogen-bond donors (Lipinski definition) is 0. The summed E-state index contributed by atoms with van der Waals surface area (Å²) in [4.78, 5) is 0. The zero-order valence-corrected chi connectivity index (χ0v) is 9.50. The molecule has 0 radical (unpaired) electrons. The molecule has 3 nitrogen and oxygen atoms in total. The summed E-state index contributed by atoms with van der Waals surface area (Å²) in [5.74, 6) is 0.00828. The number of ether oxygens (including phenoxy) is 3. The molecule has 0 saturated carbocycles. The molecule has 1 aromatic rings. The van der Waals surface area contributed by atoms with Gasteiger partial charge >= 0.3 is 0 Å². The molecule has 1 aliphatic heterocycles. The van der Waals surface area contributed by atoms with Gasteiger partial charge < -0.3 is 14.2 Å². The molecule has 1 saturated heterocycles. The fourth-order valence-corrected chi connectivity index (χ4v) is 2.00. The van der Waals surface area contributed by atoms with Gasteiger partial charge in [-0.25, -0.2) is 0 Å². The van der Waals surface area contributed by atoms with E-state index in [-0.39, 0.29) is 0 Å². The molecule has 2 rings (SSSR count). The van der Waals surface area contributed by atoms with Gasteiger partial charge in [-0.2, -0.15) is 0 Å². The van der Waals surface area contributed by atoms with Gasteiger partial charge in [-0.3, -0.25) is 0 Å². The molecule has 82 valence electrons. The second kappa shape index (κ2) is 4.00. The monoisotopic (exact) mass is 228 g/mol. The summed E-state index contributed by atoms with van der Waals surface area (Å²) in [6, 6.07) is 5.47. The minimum Gasteiger partial charge on any atom is -0.497 e. The van der Waals surface area contributed by atoms with Crippen LogP contribution < -0.4 is 4.74 Å². The Kier molecular flexibility index (Phi) is 2.87. The normalized spacial score (nSPS) is 19.1. The third-order valence-electron chi connectivity index (χ3n) is 2.50. The van der Waals surface area contributed by atoms with Gasteiger partial charge in [-0.15, -0.1) is 0 Å². The van der Waals surface area contributed by atoms with Crippen LogP contribution >= 0.6 is 11.6 Å². The predicted molar refractivity (Wildman–Crippen MR) is 57.3 cm³/mol. The van der Waals surface area contributed by atoms with E-state index in [1.54, 1.807) is 13.2 Å². The molecule has 0 atom stereocenters. The van der Waals surface area contributed by atoms with Gasteiger partial charge in [0, 0.05) is 5.56 Å². The van der Waals surface area contributed by atoms with Crippen molar-refractivity contribution in [2.75, 3.05) is 20.3 Å². The molecule has 0 unspecified atom stereocenters. The summed E-state index contributed by atoms with van der Waals surface area (Å²) in [6.07, 6.45) is 0. The molecule has 1 fully saturated rings. The van der Waals surface area contributed by atoms with Gasteiger partial charge in [-0.1, -0.05) is 11.6 Å². The van der Waals surface area contributed by atoms with E-state index < -0.39 is 5.79 Å². The maximum Gasteiger partial charge on any atom is 0.193 e. The Bertz CT molecular complexity index is 359. The van der Waals surface area contributed by atoms with Crippen molar-refractivity contribution in [3.05, 3.63) is 28.8 Å². The van der Waals surface area contributed by atoms with Crippen LogP contribution in [-0.2, 0) is 15.3 Å². The molecule has 0 aromatic heterocycles. The Morgan fingerprint density at radius 1 is 1.33 bits per heavy atom. The van der Waals surface area contributed by atoms with Crippen LogP contribution in [0.3, 0.4) is 0 Å². The zero-order valence-electron chi connectivity index (χ0n) is 8.75. The summed E-state index contributed by atoms with van der Waals surface area (Å²) in [5.41, 5.74) is 0.836. The largest absolute Gasteiger partial charge is 0.497 e. The van der Waals surface area contributed by atoms with Crippen molar-refractivity contribution < 1.29 is 14.2 Å². The van der Waals surface area contributed by atoms with E-state index in [1.165, 1.54) is 0 Å². The Balaban J connectivity index is 2.36. The number of hydrogen-bond acceptors (Lipinski definition) is 3. The van der Waals surface area contributed by atoms with Crippen LogP contribution in [0, 0.1) is 0 Å². The smallest absolute Gasteiger partial charge is 0.193 e. The van der Waals surface area contributed by atoms with E-state index >= 15 is 0 Å². The Morgan fingerprint density at radius 3 is 2.53 bits per heavy atom. The third-order valence-corrected chi connectivity index (χ3v) is 2.82. The van der Waals surface area contributed by atoms with Gasteiger partial charge in [-0.05, 0) is 25.1 Å². The molecule has 0 amide bonds. The summed E-state index contributed by atoms with van der Waals surface area (Å²) < 4.78 is 16.1. The quantitative estimate of drug-likeness (QED) is 0.779. The summed E-state index contributed by atoms with van der Waals surface area (Å²) in [5, 5.41) is 0.596. The van der Waals surface area contributed by atoms with Crippen LogP contribution in [0.15, 0.2) is 18.2 Å². The van der Waals surface area contributed by atoms with E-state index in [9.17, 15) is 0 Å². The maximum absolute atomic E-state index is 6.14. The van der Waals surface area contributed by atoms with E-state index in [4.69, 9.17) is 25.8 Å². The number of benzene rings is 1. The highest BCUT2D eigenvalue weighted by Gasteiger charge is 2.34. The van der Waals surface area contributed by atoms with Crippen LogP contribution in [0.2, 0.25) is 5.02 Å². The first-order chi connectivity index (χ1) is 7.15. The van der Waals surface area contributed by atoms with Gasteiger partial charge in [0.2, 0.25) is 0 Å². The van der Waals surface area contributed by atoms with Gasteiger partial charge in [0.25, 0.3) is 0 Å². The maximum atomic E-state index is 6.14. The van der Waals surface area contributed by atoms with Crippen LogP contribution in [-0.4, -0.2) is 20.3 Å². The fourth-order valence-electron chi connectivity index (χ4n) is 1.66. The van der Waals surface area contributed by atoms with Crippen molar-refractivity contribution in [2.45, 2.75) is 12.7 Å². The second-order valence-corrected chi connectivity index (χ2v) is 3.90. The summed E-state index contributed by atoms with van der Waals surface area (Å²) in [6.45, 7) is 3.06. The first kappa shape index (κ1) is 10.7. The highest BCUT2D eigenvalue weighted by Crippen LogP contribution is 2.36. The topological polar surface area (TPSA) is 27.7 Å². The minimum atomic E-state index is -0.719. The first-order valence-electron chi connectivity index (χ1n) is 4.77. The second-order valence-electron chi connectivity index (χ2n) is 3.49. The van der Waals surface area contributed by atoms with Gasteiger partial charge in [0.05, 0.1) is 25.3 Å². The molecule has 0 N–H and O–H groups in total. The number of rotatable bonds is 2. The van der Waals surface area contributed by atoms with Crippen molar-refractivity contribution in [2.24, 2.45) is 0 Å². The molecular weight excluding hydrogens is 216 g/mol. The van der Waals surface area contributed by atoms with Crippen molar-refractivity contribution in [1.82, 2.24) is 0 Å². The predicted octanol–water partition coefficient (Wildman–Crippen LogP) is 2.57. The molecule has 0 bridgehead atoms. The average molecular weight is 229 g/mol. The van der Waals surface area contributed by atoms with Crippen molar-refractivity contribution in [3.8, 4) is 5.75 Å². The molecule has 0 spiro atoms. The molecule has 15 heavy (non-hydrogen) atoms. The summed E-state index contributed by atoms with van der Waals surface area (Å²) in [7, 11) is 1.61. The Hall–Kier alpha value is -0.770. The lowest BCUT2D eigenvalue weighted by Crippen LogP contribution is -2.22. The highest BCUT2D eigenvalue weighted by molar-refractivity contribution is 6.31. The van der Waals surface area contributed by atoms with E-state index in [0.29, 0.717) is 18.2 Å². The molecule has 0 aliphatic carbocycles. The van der Waals surface area contributed by atoms with E-state index in [0.717, 1.165) is 11.3 Å². The van der Waals surface area contributed by atoms with E-state index in [2.05, 4.69) is 0 Å². The SMILES string of the molecule is COc1ccc(C2(C)OCCO2)c(Cl)c1. The lowest BCUT2D eigenvalue weighted by molar-refractivity contribution is -0.149. The lowest BCUT2D eigenvalue weighted by atomic mass is 10.1. The van der Waals surface area contributed by atoms with Crippen molar-refractivity contribution in [3.63, 3.8) is 0 Å². The third kappa shape index (κ3) is 1.95. The van der Waals surface area contributed by atoms with Gasteiger partial charge in [0.15, 0.2) is 5.79 Å². The molecule has 1 heterocycles. The lowest BCUT2D eigenvalue weighted by Gasteiger charge is -2.23. The van der Waals surface area contributed by atoms with Crippen LogP contribution in [0.25, 0.3) is 0 Å². The Labute approximate surface area is 93.9 Å². The van der Waals surface area contributed by atoms with Crippen LogP contribution in [0.1, 0.15) is 12.5 Å². The molecular formula is C11H13ClO3. The van der Waals surface area contributed by atoms with Gasteiger partial charge in [0.1, 0.15) is 5.75 Å². The fraction of sp³-hybridized carbons (Fsp3) is 0.455. The Morgan fingerprint density at radius 2 is 2.00 bits per heavy atom. The average Bonchev–Trinajstić information content (AvgIpc) is 2.65. The standard InChI is InChI=1S/C11H13ClO3/c1-11(14-5-6-15-11)9-4-3-8(13-2)7-10(9)12/h3-4,7H,5-6H2,1-2H3. The number of halogens is 1. The summed E-state index contributed by atoms with van der Waals surface area (Å²) >= 11 is 6.14. The molecule has 1 aromatic carbocycles. The van der Waals surface area contributed by atoms with E-state index in [1.807, 2.05) is 19.1 Å². The number of methoxy groups -OCH3 is 1. The van der Waals surface area contributed by atoms with Crippen molar-refractivity contribution >= 4 is 11.6 Å². The molecule has 4 heteroatoms. The zero-order chi connectivity index (χ0) is 10.9. The highest BCUT2D eigenvalue weighted by atomic mass is 35.5. The van der Waals surface area contributed by atoms with Crippen LogP contribution in [0.4, 0.5) is 0 Å². The van der Waals surface area contributed by atoms with Crippen LogP contribution in [0.5, 0.6) is 5.75 Å². The minimum absolute atomic E-state index is 0.596.